The first kappa shape index (κ1) is 23.0. The van der Waals surface area contributed by atoms with Gasteiger partial charge in [-0.15, -0.1) is 0 Å². The van der Waals surface area contributed by atoms with Crippen LogP contribution in [0.5, 0.6) is 0 Å². The second kappa shape index (κ2) is 10.5. The summed E-state index contributed by atoms with van der Waals surface area (Å²) in [7, 11) is 0.554. The molecule has 8 atom stereocenters. The highest BCUT2D eigenvalue weighted by molar-refractivity contribution is 7.26. The normalized spacial score (nSPS) is 28.6. The number of aliphatic hydroxyl groups is 2. The van der Waals surface area contributed by atoms with E-state index in [1.165, 1.54) is 14.0 Å². The van der Waals surface area contributed by atoms with Crippen LogP contribution in [0.25, 0.3) is 0 Å². The highest BCUT2D eigenvalue weighted by atomic mass is 31.1. The van der Waals surface area contributed by atoms with Gasteiger partial charge in [-0.2, -0.15) is 0 Å². The molecule has 0 bridgehead atoms. The molecule has 0 aromatic carbocycles. The highest BCUT2D eigenvalue weighted by Gasteiger charge is 2.47. The fourth-order valence-electron chi connectivity index (χ4n) is 2.64. The van der Waals surface area contributed by atoms with Gasteiger partial charge in [-0.1, -0.05) is 0 Å². The molecule has 1 aromatic heterocycles. The molecule has 2 rings (SSSR count). The van der Waals surface area contributed by atoms with Crippen molar-refractivity contribution >= 4 is 9.03 Å². The lowest BCUT2D eigenvalue weighted by Gasteiger charge is -2.23. The van der Waals surface area contributed by atoms with Crippen LogP contribution in [0.2, 0.25) is 0 Å². The van der Waals surface area contributed by atoms with Gasteiger partial charge in [0.2, 0.25) is 0 Å². The molecule has 0 saturated carbocycles. The maximum atomic E-state index is 14.8. The average molecular weight is 428 g/mol. The van der Waals surface area contributed by atoms with Gasteiger partial charge in [-0.3, -0.25) is 14.3 Å². The molecule has 28 heavy (non-hydrogen) atoms. The van der Waals surface area contributed by atoms with Crippen LogP contribution < -0.4 is 11.2 Å². The summed E-state index contributed by atoms with van der Waals surface area (Å²) in [6.07, 6.45) is -8.38. The molecule has 0 spiro atoms. The lowest BCUT2D eigenvalue weighted by atomic mass is 10.1. The summed E-state index contributed by atoms with van der Waals surface area (Å²) >= 11 is 0. The number of halogens is 2. The third kappa shape index (κ3) is 5.41. The Bertz CT molecular complexity index is 732. The van der Waals surface area contributed by atoms with Crippen LogP contribution in [-0.2, 0) is 18.5 Å². The van der Waals surface area contributed by atoms with Crippen LogP contribution in [0.15, 0.2) is 21.9 Å². The monoisotopic (exact) mass is 428 g/mol. The van der Waals surface area contributed by atoms with Crippen LogP contribution in [0.1, 0.15) is 13.2 Å². The standard InChI is InChI=1S/C15H23F2N2O8P/c1-7(16)12(22)9(24-2)6-25-28-27-13-8(5-20)26-14(11(13)17)19-4-3-10(21)18-15(19)23/h3-4,7-9,11-14,20,22,28H,5-6H2,1-2H3,(H,18,21,23). The number of H-pyrrole nitrogens is 1. The van der Waals surface area contributed by atoms with Crippen molar-refractivity contribution in [3.63, 3.8) is 0 Å². The first-order chi connectivity index (χ1) is 13.3. The van der Waals surface area contributed by atoms with Crippen LogP contribution in [0.3, 0.4) is 0 Å². The van der Waals surface area contributed by atoms with Gasteiger partial charge in [-0.05, 0) is 6.92 Å². The number of rotatable bonds is 10. The van der Waals surface area contributed by atoms with Crippen molar-refractivity contribution in [3.8, 4) is 0 Å². The molecule has 0 radical (unpaired) electrons. The minimum atomic E-state index is -1.84. The van der Waals surface area contributed by atoms with E-state index in [0.29, 0.717) is 0 Å². The summed E-state index contributed by atoms with van der Waals surface area (Å²) in [6, 6.07) is 1.03. The van der Waals surface area contributed by atoms with Crippen LogP contribution in [0.4, 0.5) is 8.78 Å². The van der Waals surface area contributed by atoms with Crippen LogP contribution >= 0.6 is 9.03 Å². The third-order valence-electron chi connectivity index (χ3n) is 4.22. The van der Waals surface area contributed by atoms with Crippen molar-refractivity contribution in [1.29, 1.82) is 0 Å². The Kier molecular flexibility index (Phi) is 8.62. The van der Waals surface area contributed by atoms with Crippen molar-refractivity contribution in [3.05, 3.63) is 33.1 Å². The Morgan fingerprint density at radius 1 is 1.46 bits per heavy atom. The lowest BCUT2D eigenvalue weighted by molar-refractivity contribution is -0.0650. The molecule has 1 saturated heterocycles. The van der Waals surface area contributed by atoms with Crippen LogP contribution in [0, 0.1) is 0 Å². The molecule has 13 heteroatoms. The molecule has 3 N–H and O–H groups in total. The second-order valence-corrected chi connectivity index (χ2v) is 6.82. The molecule has 1 fully saturated rings. The Labute approximate surface area is 160 Å². The van der Waals surface area contributed by atoms with E-state index < -0.39 is 69.9 Å². The summed E-state index contributed by atoms with van der Waals surface area (Å²) in [6.45, 7) is 0.383. The van der Waals surface area contributed by atoms with E-state index in [1.807, 2.05) is 4.98 Å². The Balaban J connectivity index is 1.95. The molecule has 1 aliphatic heterocycles. The molecule has 8 unspecified atom stereocenters. The molecule has 1 aromatic rings. The molecule has 2 heterocycles. The number of aromatic nitrogens is 2. The molecule has 10 nitrogen and oxygen atoms in total. The molecule has 0 aliphatic carbocycles. The first-order valence-electron chi connectivity index (χ1n) is 8.39. The molecule has 0 amide bonds. The summed E-state index contributed by atoms with van der Waals surface area (Å²) < 4.78 is 49.5. The van der Waals surface area contributed by atoms with Crippen molar-refractivity contribution in [2.45, 2.75) is 49.9 Å². The lowest BCUT2D eigenvalue weighted by Crippen LogP contribution is -2.38. The van der Waals surface area contributed by atoms with Gasteiger partial charge in [0.05, 0.1) is 13.2 Å². The van der Waals surface area contributed by atoms with Gasteiger partial charge >= 0.3 is 5.69 Å². The van der Waals surface area contributed by atoms with E-state index in [1.54, 1.807) is 0 Å². The molecule has 160 valence electrons. The maximum Gasteiger partial charge on any atom is 0.330 e. The van der Waals surface area contributed by atoms with E-state index >= 15 is 0 Å². The minimum absolute atomic E-state index is 0.207. The highest BCUT2D eigenvalue weighted by Crippen LogP contribution is 2.36. The van der Waals surface area contributed by atoms with Gasteiger partial charge in [0, 0.05) is 19.4 Å². The molecular weight excluding hydrogens is 405 g/mol. The number of aliphatic hydroxyl groups excluding tert-OH is 2. The largest absolute Gasteiger partial charge is 0.394 e. The van der Waals surface area contributed by atoms with E-state index in [-0.39, 0.29) is 6.61 Å². The molecule has 1 aliphatic rings. The van der Waals surface area contributed by atoms with Gasteiger partial charge in [0.1, 0.15) is 30.6 Å². The summed E-state index contributed by atoms with van der Waals surface area (Å²) in [5.41, 5.74) is -1.51. The van der Waals surface area contributed by atoms with Crippen molar-refractivity contribution in [2.24, 2.45) is 0 Å². The number of hydrogen-bond donors (Lipinski definition) is 3. The predicted molar refractivity (Wildman–Crippen MR) is 93.7 cm³/mol. The Hall–Kier alpha value is -1.27. The smallest absolute Gasteiger partial charge is 0.330 e. The number of aromatic amines is 1. The average Bonchev–Trinajstić information content (AvgIpc) is 2.97. The second-order valence-electron chi connectivity index (χ2n) is 6.13. The number of ether oxygens (including phenoxy) is 2. The SMILES string of the molecule is COC(COPOC1C(CO)OC(n2ccc(=O)[nH]c2=O)C1F)C(O)C(C)F. The number of nitrogens with one attached hydrogen (secondary N) is 1. The number of hydrogen-bond acceptors (Lipinski definition) is 8. The fraction of sp³-hybridized carbons (Fsp3) is 0.733. The fourth-order valence-corrected chi connectivity index (χ4v) is 3.33. The molecular formula is C15H23F2N2O8P. The van der Waals surface area contributed by atoms with Gasteiger partial charge < -0.3 is 28.7 Å². The topological polar surface area (TPSA) is 132 Å². The summed E-state index contributed by atoms with van der Waals surface area (Å²) in [5, 5.41) is 19.0. The number of methoxy groups -OCH3 is 1. The summed E-state index contributed by atoms with van der Waals surface area (Å²) in [5.74, 6) is 0. The van der Waals surface area contributed by atoms with E-state index in [4.69, 9.17) is 18.5 Å². The third-order valence-corrected chi connectivity index (χ3v) is 4.87. The Morgan fingerprint density at radius 3 is 2.75 bits per heavy atom. The summed E-state index contributed by atoms with van der Waals surface area (Å²) in [4.78, 5) is 24.9. The zero-order valence-corrected chi connectivity index (χ0v) is 16.2. The first-order valence-corrected chi connectivity index (χ1v) is 9.21. The van der Waals surface area contributed by atoms with Crippen molar-refractivity contribution in [2.75, 3.05) is 20.3 Å². The van der Waals surface area contributed by atoms with E-state index in [2.05, 4.69) is 0 Å². The van der Waals surface area contributed by atoms with E-state index in [9.17, 15) is 28.6 Å². The maximum absolute atomic E-state index is 14.8. The van der Waals surface area contributed by atoms with Gasteiger partial charge in [0.15, 0.2) is 21.4 Å². The number of nitrogens with zero attached hydrogens (tertiary/aromatic N) is 1. The number of alkyl halides is 2. The van der Waals surface area contributed by atoms with Gasteiger partial charge in [-0.25, -0.2) is 13.6 Å². The van der Waals surface area contributed by atoms with Gasteiger partial charge in [0.25, 0.3) is 5.56 Å². The van der Waals surface area contributed by atoms with Crippen LogP contribution in [-0.4, -0.2) is 76.8 Å². The minimum Gasteiger partial charge on any atom is -0.394 e. The van der Waals surface area contributed by atoms with E-state index in [0.717, 1.165) is 16.8 Å². The van der Waals surface area contributed by atoms with Crippen molar-refractivity contribution in [1.82, 2.24) is 9.55 Å². The zero-order valence-electron chi connectivity index (χ0n) is 15.2. The quantitative estimate of drug-likeness (QED) is 0.333. The van der Waals surface area contributed by atoms with Crippen molar-refractivity contribution < 1.29 is 37.5 Å². The zero-order chi connectivity index (χ0) is 20.8. The Morgan fingerprint density at radius 2 is 2.18 bits per heavy atom. The predicted octanol–water partition coefficient (Wildman–Crippen LogP) is -0.591.